The van der Waals surface area contributed by atoms with Crippen LogP contribution in [-0.2, 0) is 32.6 Å². The van der Waals surface area contributed by atoms with Crippen LogP contribution in [0.4, 0.5) is 0 Å². The van der Waals surface area contributed by atoms with Crippen molar-refractivity contribution < 1.29 is 22.7 Å². The van der Waals surface area contributed by atoms with Crippen molar-refractivity contribution in [3.8, 4) is 5.75 Å². The monoisotopic (exact) mass is 605 g/mol. The maximum atomic E-state index is 14.0. The Kier molecular flexibility index (Phi) is 11.8. The van der Waals surface area contributed by atoms with E-state index in [0.717, 1.165) is 36.8 Å². The lowest BCUT2D eigenvalue weighted by molar-refractivity contribution is -0.141. The van der Waals surface area contributed by atoms with Crippen molar-refractivity contribution in [2.75, 3.05) is 20.7 Å². The van der Waals surface area contributed by atoms with Gasteiger partial charge in [-0.2, -0.15) is 0 Å². The molecule has 1 atom stereocenters. The Morgan fingerprint density at radius 2 is 1.56 bits per heavy atom. The Morgan fingerprint density at radius 1 is 0.907 bits per heavy atom. The molecule has 4 rings (SSSR count). The topological polar surface area (TPSA) is 96.0 Å². The average Bonchev–Trinajstić information content (AvgIpc) is 3.04. The third kappa shape index (κ3) is 9.15. The summed E-state index contributed by atoms with van der Waals surface area (Å²) in [5, 5.41) is 3.25. The Labute approximate surface area is 256 Å². The molecule has 2 amide bonds. The molecule has 0 bridgehead atoms. The molecule has 1 aliphatic carbocycles. The lowest BCUT2D eigenvalue weighted by Gasteiger charge is -2.33. The highest BCUT2D eigenvalue weighted by Crippen LogP contribution is 2.22. The number of rotatable bonds is 14. The molecule has 1 unspecified atom stereocenters. The highest BCUT2D eigenvalue weighted by molar-refractivity contribution is 7.89. The molecule has 8 nitrogen and oxygen atoms in total. The first kappa shape index (κ1) is 32.2. The van der Waals surface area contributed by atoms with Crippen LogP contribution in [0, 0.1) is 0 Å². The predicted molar refractivity (Wildman–Crippen MR) is 168 cm³/mol. The zero-order chi connectivity index (χ0) is 30.7. The van der Waals surface area contributed by atoms with Gasteiger partial charge >= 0.3 is 0 Å². The van der Waals surface area contributed by atoms with Crippen LogP contribution in [0.2, 0.25) is 0 Å². The fraction of sp³-hybridized carbons (Fsp3) is 0.412. The van der Waals surface area contributed by atoms with Gasteiger partial charge in [0.2, 0.25) is 21.8 Å². The minimum atomic E-state index is -3.67. The SMILES string of the molecule is COc1cccc(CN(C(=O)CCCN(C)S(=O)(=O)c2ccccc2)C(Cc2ccccc2)C(=O)NC2CCCCC2)c1. The third-order valence-electron chi connectivity index (χ3n) is 8.02. The van der Waals surface area contributed by atoms with Crippen LogP contribution >= 0.6 is 0 Å². The van der Waals surface area contributed by atoms with Gasteiger partial charge in [-0.3, -0.25) is 9.59 Å². The number of carbonyl (C=O) groups excluding carboxylic acids is 2. The smallest absolute Gasteiger partial charge is 0.243 e. The van der Waals surface area contributed by atoms with Gasteiger partial charge in [0, 0.05) is 39.0 Å². The largest absolute Gasteiger partial charge is 0.497 e. The molecule has 0 spiro atoms. The second-order valence-electron chi connectivity index (χ2n) is 11.2. The highest BCUT2D eigenvalue weighted by atomic mass is 32.2. The lowest BCUT2D eigenvalue weighted by atomic mass is 9.94. The van der Waals surface area contributed by atoms with Gasteiger partial charge in [-0.05, 0) is 54.7 Å². The fourth-order valence-electron chi connectivity index (χ4n) is 5.55. The van der Waals surface area contributed by atoms with Crippen LogP contribution < -0.4 is 10.1 Å². The summed E-state index contributed by atoms with van der Waals surface area (Å²) in [6.45, 7) is 0.400. The summed E-state index contributed by atoms with van der Waals surface area (Å²) in [6.07, 6.45) is 6.01. The van der Waals surface area contributed by atoms with Crippen molar-refractivity contribution >= 4 is 21.8 Å². The molecule has 0 radical (unpaired) electrons. The molecule has 0 aliphatic heterocycles. The molecule has 1 saturated carbocycles. The number of benzene rings is 3. The van der Waals surface area contributed by atoms with E-state index in [9.17, 15) is 18.0 Å². The summed E-state index contributed by atoms with van der Waals surface area (Å²) in [5.41, 5.74) is 1.81. The van der Waals surface area contributed by atoms with Crippen LogP contribution in [-0.4, -0.2) is 62.2 Å². The zero-order valence-corrected chi connectivity index (χ0v) is 26.0. The zero-order valence-electron chi connectivity index (χ0n) is 25.2. The summed E-state index contributed by atoms with van der Waals surface area (Å²) in [5.74, 6) is 0.313. The summed E-state index contributed by atoms with van der Waals surface area (Å²) in [7, 11) is -0.550. The van der Waals surface area contributed by atoms with E-state index in [1.807, 2.05) is 54.6 Å². The minimum absolute atomic E-state index is 0.0978. The number of sulfonamides is 1. The maximum absolute atomic E-state index is 14.0. The summed E-state index contributed by atoms with van der Waals surface area (Å²) < 4.78 is 32.7. The summed E-state index contributed by atoms with van der Waals surface area (Å²) >= 11 is 0. The van der Waals surface area contributed by atoms with E-state index < -0.39 is 16.1 Å². The quantitative estimate of drug-likeness (QED) is 0.273. The normalized spacial score (nSPS) is 14.7. The molecule has 3 aromatic carbocycles. The molecular weight excluding hydrogens is 562 g/mol. The van der Waals surface area contributed by atoms with Crippen LogP contribution in [0.25, 0.3) is 0 Å². The van der Waals surface area contributed by atoms with Crippen molar-refractivity contribution in [3.63, 3.8) is 0 Å². The summed E-state index contributed by atoms with van der Waals surface area (Å²) in [4.78, 5) is 29.8. The number of nitrogens with one attached hydrogen (secondary N) is 1. The Hall–Kier alpha value is -3.69. The van der Waals surface area contributed by atoms with Crippen molar-refractivity contribution in [2.45, 2.75) is 74.9 Å². The van der Waals surface area contributed by atoms with Crippen LogP contribution in [0.3, 0.4) is 0 Å². The number of carbonyl (C=O) groups is 2. The van der Waals surface area contributed by atoms with E-state index in [1.165, 1.54) is 17.8 Å². The van der Waals surface area contributed by atoms with Gasteiger partial charge < -0.3 is 15.0 Å². The number of hydrogen-bond donors (Lipinski definition) is 1. The number of hydrogen-bond acceptors (Lipinski definition) is 5. The van der Waals surface area contributed by atoms with Crippen molar-refractivity contribution in [1.82, 2.24) is 14.5 Å². The molecule has 3 aromatic rings. The first-order chi connectivity index (χ1) is 20.8. The molecule has 1 fully saturated rings. The van der Waals surface area contributed by atoms with Crippen LogP contribution in [0.15, 0.2) is 89.8 Å². The van der Waals surface area contributed by atoms with E-state index in [0.29, 0.717) is 18.6 Å². The van der Waals surface area contributed by atoms with Crippen molar-refractivity contribution in [2.24, 2.45) is 0 Å². The first-order valence-electron chi connectivity index (χ1n) is 15.1. The second kappa shape index (κ2) is 15.7. The number of amides is 2. The van der Waals surface area contributed by atoms with Gasteiger partial charge in [0.05, 0.1) is 12.0 Å². The second-order valence-corrected chi connectivity index (χ2v) is 13.2. The Balaban J connectivity index is 1.56. The van der Waals surface area contributed by atoms with Gasteiger partial charge in [-0.15, -0.1) is 0 Å². The molecule has 43 heavy (non-hydrogen) atoms. The van der Waals surface area contributed by atoms with Crippen LogP contribution in [0.1, 0.15) is 56.1 Å². The van der Waals surface area contributed by atoms with Gasteiger partial charge in [-0.25, -0.2) is 12.7 Å². The number of methoxy groups -OCH3 is 1. The highest BCUT2D eigenvalue weighted by Gasteiger charge is 2.32. The van der Waals surface area contributed by atoms with E-state index in [2.05, 4.69) is 5.32 Å². The Morgan fingerprint density at radius 3 is 2.23 bits per heavy atom. The van der Waals surface area contributed by atoms with Crippen molar-refractivity contribution in [1.29, 1.82) is 0 Å². The van der Waals surface area contributed by atoms with Gasteiger partial charge in [0.15, 0.2) is 0 Å². The molecule has 0 heterocycles. The van der Waals surface area contributed by atoms with Crippen molar-refractivity contribution in [3.05, 3.63) is 96.1 Å². The lowest BCUT2D eigenvalue weighted by Crippen LogP contribution is -2.52. The van der Waals surface area contributed by atoms with Crippen LogP contribution in [0.5, 0.6) is 5.75 Å². The van der Waals surface area contributed by atoms with E-state index >= 15 is 0 Å². The number of nitrogens with zero attached hydrogens (tertiary/aromatic N) is 2. The predicted octanol–water partition coefficient (Wildman–Crippen LogP) is 5.18. The van der Waals surface area contributed by atoms with E-state index in [4.69, 9.17) is 4.74 Å². The third-order valence-corrected chi connectivity index (χ3v) is 9.90. The molecular formula is C34H43N3O5S. The molecule has 9 heteroatoms. The van der Waals surface area contributed by atoms with Gasteiger partial charge in [0.25, 0.3) is 0 Å². The molecule has 1 aliphatic rings. The van der Waals surface area contributed by atoms with Gasteiger partial charge in [-0.1, -0.05) is 79.9 Å². The standard InChI is InChI=1S/C34H43N3O5S/c1-36(43(40,41)31-20-10-5-11-21-31)23-13-22-33(38)37(26-28-16-12-19-30(24-28)42-2)32(25-27-14-6-3-7-15-27)34(39)35-29-17-8-4-9-18-29/h3,5-7,10-12,14-16,19-21,24,29,32H,4,8-9,13,17-18,22-23,25-26H2,1-2H3,(H,35,39). The number of ether oxygens (including phenoxy) is 1. The molecule has 230 valence electrons. The fourth-order valence-corrected chi connectivity index (χ4v) is 6.79. The summed E-state index contributed by atoms with van der Waals surface area (Å²) in [6, 6.07) is 24.9. The Bertz CT molecular complexity index is 1430. The van der Waals surface area contributed by atoms with E-state index in [-0.39, 0.29) is 42.3 Å². The van der Waals surface area contributed by atoms with Gasteiger partial charge in [0.1, 0.15) is 11.8 Å². The maximum Gasteiger partial charge on any atom is 0.243 e. The average molecular weight is 606 g/mol. The first-order valence-corrected chi connectivity index (χ1v) is 16.5. The molecule has 1 N–H and O–H groups in total. The molecule has 0 aromatic heterocycles. The van der Waals surface area contributed by atoms with E-state index in [1.54, 1.807) is 42.3 Å². The minimum Gasteiger partial charge on any atom is -0.497 e. The molecule has 0 saturated heterocycles.